The van der Waals surface area contributed by atoms with Crippen LogP contribution in [0.5, 0.6) is 0 Å². The number of likely N-dealkylation sites (tertiary alicyclic amines) is 1. The Bertz CT molecular complexity index is 545. The first kappa shape index (κ1) is 25.8. The molecule has 4 rings (SSSR count). The Balaban J connectivity index is 0.00000272. The number of piperidine rings is 1. The number of hydrogen-bond acceptors (Lipinski definition) is 6. The lowest BCUT2D eigenvalue weighted by Gasteiger charge is -2.44. The minimum atomic E-state index is 0. The molecule has 1 N–H and O–H groups in total. The van der Waals surface area contributed by atoms with Crippen LogP contribution in [0.4, 0.5) is 0 Å². The van der Waals surface area contributed by atoms with Crippen molar-refractivity contribution < 1.29 is 14.2 Å². The van der Waals surface area contributed by atoms with Gasteiger partial charge in [0, 0.05) is 57.7 Å². The number of nitrogens with zero attached hydrogens (tertiary/aromatic N) is 3. The molecule has 4 heterocycles. The molecule has 0 aromatic heterocycles. The van der Waals surface area contributed by atoms with E-state index in [1.165, 1.54) is 30.8 Å². The summed E-state index contributed by atoms with van der Waals surface area (Å²) in [7, 11) is 1.91. The number of thioether (sulfide) groups is 1. The molecule has 4 aliphatic heterocycles. The topological polar surface area (TPSA) is 58.6 Å². The third-order valence-corrected chi connectivity index (χ3v) is 8.32. The van der Waals surface area contributed by atoms with Crippen LogP contribution in [0.3, 0.4) is 0 Å². The highest BCUT2D eigenvalue weighted by Crippen LogP contribution is 2.33. The summed E-state index contributed by atoms with van der Waals surface area (Å²) in [6.07, 6.45) is 7.68. The zero-order valence-electron chi connectivity index (χ0n) is 19.1. The van der Waals surface area contributed by atoms with E-state index in [2.05, 4.69) is 31.9 Å². The largest absolute Gasteiger partial charge is 0.379 e. The molecule has 0 bridgehead atoms. The summed E-state index contributed by atoms with van der Waals surface area (Å²) in [6.45, 7) is 8.48. The first-order chi connectivity index (χ1) is 14.8. The molecular formula is C22H41IN4O3S. The van der Waals surface area contributed by atoms with E-state index in [4.69, 9.17) is 14.2 Å². The van der Waals surface area contributed by atoms with Crippen LogP contribution in [-0.2, 0) is 14.2 Å². The summed E-state index contributed by atoms with van der Waals surface area (Å²) >= 11 is 2.08. The molecule has 7 nitrogen and oxygen atoms in total. The van der Waals surface area contributed by atoms with Crippen molar-refractivity contribution >= 4 is 41.7 Å². The van der Waals surface area contributed by atoms with Crippen LogP contribution in [0, 0.1) is 0 Å². The summed E-state index contributed by atoms with van der Waals surface area (Å²) in [5.74, 6) is 3.51. The van der Waals surface area contributed by atoms with Crippen molar-refractivity contribution in [3.8, 4) is 0 Å². The van der Waals surface area contributed by atoms with Gasteiger partial charge < -0.3 is 24.4 Å². The molecule has 0 aromatic rings. The highest BCUT2D eigenvalue weighted by Gasteiger charge is 2.41. The SMILES string of the molecule is CN=C(NCC1(N2CCOCC2)CCSC1)N1CCC(OCC2CCCCO2)CC1.I. The van der Waals surface area contributed by atoms with Crippen molar-refractivity contribution in [2.45, 2.75) is 56.3 Å². The Morgan fingerprint density at radius 2 is 1.94 bits per heavy atom. The maximum absolute atomic E-state index is 6.19. The van der Waals surface area contributed by atoms with Crippen LogP contribution in [-0.4, -0.2) is 111 Å². The molecule has 0 spiro atoms. The van der Waals surface area contributed by atoms with E-state index in [9.17, 15) is 0 Å². The Kier molecular flexibility index (Phi) is 11.0. The van der Waals surface area contributed by atoms with E-state index in [0.717, 1.165) is 84.4 Å². The average molecular weight is 569 g/mol. The summed E-state index contributed by atoms with van der Waals surface area (Å²) in [5, 5.41) is 3.74. The van der Waals surface area contributed by atoms with Gasteiger partial charge in [0.2, 0.25) is 0 Å². The molecule has 4 aliphatic rings. The fourth-order valence-electron chi connectivity index (χ4n) is 5.13. The van der Waals surface area contributed by atoms with Crippen LogP contribution in [0.25, 0.3) is 0 Å². The molecule has 0 aromatic carbocycles. The lowest BCUT2D eigenvalue weighted by Crippen LogP contribution is -2.60. The van der Waals surface area contributed by atoms with Gasteiger partial charge in [0.15, 0.2) is 5.96 Å². The standard InChI is InChI=1S/C22H40N4O3S.HI/c1-23-21(24-17-22(7-15-30-18-22)26-10-13-27-14-11-26)25-8-5-19(6-9-25)29-16-20-4-2-3-12-28-20;/h19-20H,2-18H2,1H3,(H,23,24);1H. The van der Waals surface area contributed by atoms with Gasteiger partial charge in [0.1, 0.15) is 0 Å². The normalized spacial score (nSPS) is 31.5. The zero-order chi connectivity index (χ0) is 20.7. The average Bonchev–Trinajstić information content (AvgIpc) is 3.30. The molecule has 180 valence electrons. The summed E-state index contributed by atoms with van der Waals surface area (Å²) < 4.78 is 17.6. The van der Waals surface area contributed by atoms with Gasteiger partial charge in [-0.05, 0) is 44.3 Å². The van der Waals surface area contributed by atoms with Gasteiger partial charge >= 0.3 is 0 Å². The summed E-state index contributed by atoms with van der Waals surface area (Å²) in [4.78, 5) is 9.68. The Labute approximate surface area is 209 Å². The van der Waals surface area contributed by atoms with Crippen molar-refractivity contribution in [3.05, 3.63) is 0 Å². The number of nitrogens with one attached hydrogen (secondary N) is 1. The zero-order valence-corrected chi connectivity index (χ0v) is 22.2. The lowest BCUT2D eigenvalue weighted by molar-refractivity contribution is -0.0721. The van der Waals surface area contributed by atoms with Crippen molar-refractivity contribution in [1.82, 2.24) is 15.1 Å². The van der Waals surface area contributed by atoms with E-state index in [0.29, 0.717) is 12.2 Å². The second kappa shape index (κ2) is 13.2. The fraction of sp³-hybridized carbons (Fsp3) is 0.955. The maximum Gasteiger partial charge on any atom is 0.193 e. The van der Waals surface area contributed by atoms with Gasteiger partial charge in [0.05, 0.1) is 32.0 Å². The Morgan fingerprint density at radius 1 is 1.13 bits per heavy atom. The lowest BCUT2D eigenvalue weighted by atomic mass is 9.95. The van der Waals surface area contributed by atoms with Gasteiger partial charge in [-0.2, -0.15) is 11.8 Å². The van der Waals surface area contributed by atoms with Crippen LogP contribution in [0.2, 0.25) is 0 Å². The molecule has 4 saturated heterocycles. The summed E-state index contributed by atoms with van der Waals surface area (Å²) in [6, 6.07) is 0. The smallest absolute Gasteiger partial charge is 0.193 e. The van der Waals surface area contributed by atoms with E-state index in [1.54, 1.807) is 0 Å². The molecule has 0 aliphatic carbocycles. The fourth-order valence-corrected chi connectivity index (χ4v) is 6.60. The van der Waals surface area contributed by atoms with E-state index >= 15 is 0 Å². The number of rotatable bonds is 6. The first-order valence-electron chi connectivity index (χ1n) is 11.9. The van der Waals surface area contributed by atoms with Crippen LogP contribution in [0.1, 0.15) is 38.5 Å². The number of hydrogen-bond donors (Lipinski definition) is 1. The maximum atomic E-state index is 6.19. The number of ether oxygens (including phenoxy) is 3. The highest BCUT2D eigenvalue weighted by molar-refractivity contribution is 14.0. The van der Waals surface area contributed by atoms with Crippen LogP contribution >= 0.6 is 35.7 Å². The van der Waals surface area contributed by atoms with Gasteiger partial charge in [0.25, 0.3) is 0 Å². The number of morpholine rings is 1. The van der Waals surface area contributed by atoms with E-state index < -0.39 is 0 Å². The second-order valence-corrected chi connectivity index (χ2v) is 10.1. The second-order valence-electron chi connectivity index (χ2n) is 9.04. The predicted octanol–water partition coefficient (Wildman–Crippen LogP) is 2.44. The monoisotopic (exact) mass is 568 g/mol. The number of aliphatic imine (C=N–C) groups is 1. The number of guanidine groups is 1. The molecule has 0 amide bonds. The highest BCUT2D eigenvalue weighted by atomic mass is 127. The van der Waals surface area contributed by atoms with Crippen molar-refractivity contribution in [1.29, 1.82) is 0 Å². The van der Waals surface area contributed by atoms with Crippen LogP contribution < -0.4 is 5.32 Å². The Hall–Kier alpha value is 0.190. The predicted molar refractivity (Wildman–Crippen MR) is 138 cm³/mol. The van der Waals surface area contributed by atoms with Gasteiger partial charge in [-0.15, -0.1) is 24.0 Å². The molecule has 31 heavy (non-hydrogen) atoms. The van der Waals surface area contributed by atoms with Gasteiger partial charge in [-0.3, -0.25) is 9.89 Å². The summed E-state index contributed by atoms with van der Waals surface area (Å²) in [5.41, 5.74) is 0.242. The van der Waals surface area contributed by atoms with Crippen LogP contribution in [0.15, 0.2) is 4.99 Å². The quantitative estimate of drug-likeness (QED) is 0.300. The van der Waals surface area contributed by atoms with Crippen molar-refractivity contribution in [3.63, 3.8) is 0 Å². The molecule has 0 saturated carbocycles. The third-order valence-electron chi connectivity index (χ3n) is 7.09. The molecule has 0 radical (unpaired) electrons. The first-order valence-corrected chi connectivity index (χ1v) is 13.0. The minimum absolute atomic E-state index is 0. The van der Waals surface area contributed by atoms with E-state index in [-0.39, 0.29) is 29.5 Å². The molecule has 2 atom stereocenters. The van der Waals surface area contributed by atoms with Crippen molar-refractivity contribution in [2.75, 3.05) is 77.7 Å². The molecule has 9 heteroatoms. The molecular weight excluding hydrogens is 527 g/mol. The molecule has 2 unspecified atom stereocenters. The van der Waals surface area contributed by atoms with Gasteiger partial charge in [-0.25, -0.2) is 0 Å². The van der Waals surface area contributed by atoms with Gasteiger partial charge in [-0.1, -0.05) is 0 Å². The van der Waals surface area contributed by atoms with E-state index in [1.807, 2.05) is 7.05 Å². The minimum Gasteiger partial charge on any atom is -0.379 e. The molecule has 4 fully saturated rings. The third kappa shape index (κ3) is 7.09. The Morgan fingerprint density at radius 3 is 2.58 bits per heavy atom. The van der Waals surface area contributed by atoms with Crippen molar-refractivity contribution in [2.24, 2.45) is 4.99 Å². The number of halogens is 1.